The van der Waals surface area contributed by atoms with Crippen LogP contribution < -0.4 is 5.32 Å². The zero-order valence-electron chi connectivity index (χ0n) is 16.7. The van der Waals surface area contributed by atoms with E-state index in [1.54, 1.807) is 13.2 Å². The number of halogens is 1. The third-order valence-electron chi connectivity index (χ3n) is 5.40. The maximum atomic E-state index is 15.0. The molecule has 4 nitrogen and oxygen atoms in total. The van der Waals surface area contributed by atoms with Gasteiger partial charge in [0, 0.05) is 32.4 Å². The average Bonchev–Trinajstić information content (AvgIpc) is 2.71. The van der Waals surface area contributed by atoms with Gasteiger partial charge in [0.05, 0.1) is 6.61 Å². The van der Waals surface area contributed by atoms with Gasteiger partial charge in [-0.2, -0.15) is 0 Å². The Morgan fingerprint density at radius 1 is 1.25 bits per heavy atom. The molecule has 0 amide bonds. The van der Waals surface area contributed by atoms with E-state index < -0.39 is 11.7 Å². The van der Waals surface area contributed by atoms with Crippen LogP contribution in [0.5, 0.6) is 0 Å². The highest BCUT2D eigenvalue weighted by Gasteiger charge is 2.42. The molecule has 5 heteroatoms. The Kier molecular flexibility index (Phi) is 7.18. The molecule has 1 unspecified atom stereocenters. The van der Waals surface area contributed by atoms with E-state index in [1.165, 1.54) is 6.07 Å². The van der Waals surface area contributed by atoms with E-state index in [2.05, 4.69) is 5.32 Å². The standard InChI is InChI=1S/C23H30FNO3/c1-17-7-5-8-18(15-17)22-19(9-6-10-20(22)24)23(26,11-3-4-13-27-2)21-16-25-12-14-28-21/h5-10,15,21,25-26H,3-4,11-14,16H2,1-2H3/t21?,23-/m1/s1. The van der Waals surface area contributed by atoms with Crippen LogP contribution in [0.2, 0.25) is 0 Å². The molecule has 1 fully saturated rings. The fourth-order valence-electron chi connectivity index (χ4n) is 3.96. The van der Waals surface area contributed by atoms with Crippen molar-refractivity contribution in [3.05, 3.63) is 59.4 Å². The molecule has 1 aliphatic rings. The number of methoxy groups -OCH3 is 1. The molecule has 0 bridgehead atoms. The second-order valence-corrected chi connectivity index (χ2v) is 7.47. The number of ether oxygens (including phenoxy) is 2. The minimum absolute atomic E-state index is 0.331. The van der Waals surface area contributed by atoms with Crippen LogP contribution in [0.15, 0.2) is 42.5 Å². The molecule has 1 heterocycles. The van der Waals surface area contributed by atoms with Crippen molar-refractivity contribution in [2.45, 2.75) is 37.9 Å². The molecule has 0 spiro atoms. The van der Waals surface area contributed by atoms with Crippen molar-refractivity contribution in [3.63, 3.8) is 0 Å². The Labute approximate surface area is 166 Å². The highest BCUT2D eigenvalue weighted by Crippen LogP contribution is 2.40. The number of hydrogen-bond donors (Lipinski definition) is 2. The molecule has 0 saturated carbocycles. The Bertz CT molecular complexity index is 776. The van der Waals surface area contributed by atoms with Crippen molar-refractivity contribution in [2.24, 2.45) is 0 Å². The molecule has 2 aromatic carbocycles. The summed E-state index contributed by atoms with van der Waals surface area (Å²) in [4.78, 5) is 0. The molecule has 28 heavy (non-hydrogen) atoms. The number of rotatable bonds is 8. The number of unbranched alkanes of at least 4 members (excludes halogenated alkanes) is 1. The normalized spacial score (nSPS) is 19.4. The molecular formula is C23H30FNO3. The largest absolute Gasteiger partial charge is 0.385 e. The summed E-state index contributed by atoms with van der Waals surface area (Å²) in [6.07, 6.45) is 1.63. The van der Waals surface area contributed by atoms with Gasteiger partial charge in [-0.1, -0.05) is 42.0 Å². The lowest BCUT2D eigenvalue weighted by Crippen LogP contribution is -2.51. The third-order valence-corrected chi connectivity index (χ3v) is 5.40. The van der Waals surface area contributed by atoms with Gasteiger partial charge < -0.3 is 19.9 Å². The first-order valence-electron chi connectivity index (χ1n) is 9.96. The predicted molar refractivity (Wildman–Crippen MR) is 109 cm³/mol. The van der Waals surface area contributed by atoms with Crippen LogP contribution in [0.3, 0.4) is 0 Å². The Balaban J connectivity index is 2.05. The minimum atomic E-state index is -1.29. The lowest BCUT2D eigenvalue weighted by atomic mass is 9.79. The molecule has 0 aliphatic carbocycles. The summed E-state index contributed by atoms with van der Waals surface area (Å²) in [7, 11) is 1.67. The summed E-state index contributed by atoms with van der Waals surface area (Å²) in [5, 5.41) is 15.2. The number of nitrogens with one attached hydrogen (secondary N) is 1. The van der Waals surface area contributed by atoms with Crippen LogP contribution in [0, 0.1) is 12.7 Å². The summed E-state index contributed by atoms with van der Waals surface area (Å²) in [5.74, 6) is -0.331. The van der Waals surface area contributed by atoms with Crippen molar-refractivity contribution >= 4 is 0 Å². The summed E-state index contributed by atoms with van der Waals surface area (Å²) in [6, 6.07) is 12.7. The van der Waals surface area contributed by atoms with E-state index in [1.807, 2.05) is 37.3 Å². The highest BCUT2D eigenvalue weighted by molar-refractivity contribution is 5.70. The van der Waals surface area contributed by atoms with Crippen LogP contribution in [0.4, 0.5) is 4.39 Å². The first-order valence-corrected chi connectivity index (χ1v) is 9.96. The van der Waals surface area contributed by atoms with Gasteiger partial charge in [-0.3, -0.25) is 0 Å². The zero-order valence-corrected chi connectivity index (χ0v) is 16.7. The molecule has 3 rings (SSSR count). The fourth-order valence-corrected chi connectivity index (χ4v) is 3.96. The molecule has 2 N–H and O–H groups in total. The first kappa shape index (κ1) is 20.9. The van der Waals surface area contributed by atoms with Crippen molar-refractivity contribution in [2.75, 3.05) is 33.4 Å². The van der Waals surface area contributed by atoms with E-state index in [4.69, 9.17) is 9.47 Å². The summed E-state index contributed by atoms with van der Waals surface area (Å²) in [6.45, 7) is 4.43. The Hall–Kier alpha value is -1.79. The number of aliphatic hydroxyl groups is 1. The average molecular weight is 387 g/mol. The molecule has 1 saturated heterocycles. The van der Waals surface area contributed by atoms with E-state index in [0.717, 1.165) is 30.5 Å². The number of hydrogen-bond acceptors (Lipinski definition) is 4. The van der Waals surface area contributed by atoms with Gasteiger partial charge in [0.1, 0.15) is 17.5 Å². The molecular weight excluding hydrogens is 357 g/mol. The summed E-state index contributed by atoms with van der Waals surface area (Å²) in [5.41, 5.74) is 1.57. The second kappa shape index (κ2) is 9.61. The minimum Gasteiger partial charge on any atom is -0.385 e. The smallest absolute Gasteiger partial charge is 0.131 e. The molecule has 1 aliphatic heterocycles. The van der Waals surface area contributed by atoms with Crippen molar-refractivity contribution in [3.8, 4) is 11.1 Å². The maximum Gasteiger partial charge on any atom is 0.131 e. The van der Waals surface area contributed by atoms with E-state index >= 15 is 4.39 Å². The highest BCUT2D eigenvalue weighted by atomic mass is 19.1. The number of morpholine rings is 1. The van der Waals surface area contributed by atoms with E-state index in [-0.39, 0.29) is 5.82 Å². The molecule has 0 aromatic heterocycles. The lowest BCUT2D eigenvalue weighted by Gasteiger charge is -2.40. The van der Waals surface area contributed by atoms with Gasteiger partial charge in [0.25, 0.3) is 0 Å². The second-order valence-electron chi connectivity index (χ2n) is 7.47. The first-order chi connectivity index (χ1) is 13.6. The van der Waals surface area contributed by atoms with E-state index in [0.29, 0.717) is 37.3 Å². The number of benzene rings is 2. The van der Waals surface area contributed by atoms with Gasteiger partial charge in [-0.15, -0.1) is 0 Å². The molecule has 0 radical (unpaired) electrons. The topological polar surface area (TPSA) is 50.7 Å². The summed E-state index contributed by atoms with van der Waals surface area (Å²) >= 11 is 0. The zero-order chi connectivity index (χ0) is 20.0. The Morgan fingerprint density at radius 3 is 2.79 bits per heavy atom. The molecule has 2 atom stereocenters. The third kappa shape index (κ3) is 4.61. The Morgan fingerprint density at radius 2 is 2.07 bits per heavy atom. The number of aryl methyl sites for hydroxylation is 1. The SMILES string of the molecule is COCCCC[C@@](O)(c1cccc(F)c1-c1cccc(C)c1)C1CNCCO1. The van der Waals surface area contributed by atoms with Crippen LogP contribution in [0.1, 0.15) is 30.4 Å². The lowest BCUT2D eigenvalue weighted by molar-refractivity contribution is -0.129. The van der Waals surface area contributed by atoms with Crippen LogP contribution in [0.25, 0.3) is 11.1 Å². The van der Waals surface area contributed by atoms with Crippen LogP contribution in [-0.2, 0) is 15.1 Å². The fraction of sp³-hybridized carbons (Fsp3) is 0.478. The quantitative estimate of drug-likeness (QED) is 0.677. The van der Waals surface area contributed by atoms with Crippen molar-refractivity contribution < 1.29 is 19.0 Å². The van der Waals surface area contributed by atoms with Crippen LogP contribution >= 0.6 is 0 Å². The van der Waals surface area contributed by atoms with Crippen molar-refractivity contribution in [1.82, 2.24) is 5.32 Å². The van der Waals surface area contributed by atoms with Crippen molar-refractivity contribution in [1.29, 1.82) is 0 Å². The van der Waals surface area contributed by atoms with Crippen LogP contribution in [-0.4, -0.2) is 44.6 Å². The van der Waals surface area contributed by atoms with Gasteiger partial charge in [0.2, 0.25) is 0 Å². The van der Waals surface area contributed by atoms with Gasteiger partial charge in [0.15, 0.2) is 0 Å². The van der Waals surface area contributed by atoms with E-state index in [9.17, 15) is 5.11 Å². The molecule has 2 aromatic rings. The van der Waals surface area contributed by atoms with Gasteiger partial charge in [-0.05, 0) is 43.4 Å². The predicted octanol–water partition coefficient (Wildman–Crippen LogP) is 3.79. The maximum absolute atomic E-state index is 15.0. The summed E-state index contributed by atoms with van der Waals surface area (Å²) < 4.78 is 26.1. The van der Waals surface area contributed by atoms with Gasteiger partial charge in [-0.25, -0.2) is 4.39 Å². The monoisotopic (exact) mass is 387 g/mol. The van der Waals surface area contributed by atoms with Gasteiger partial charge >= 0.3 is 0 Å². The molecule has 152 valence electrons.